The van der Waals surface area contributed by atoms with Crippen LogP contribution in [0.2, 0.25) is 0 Å². The molecule has 31 heavy (non-hydrogen) atoms. The van der Waals surface area contributed by atoms with Crippen molar-refractivity contribution in [2.24, 2.45) is 5.92 Å². The van der Waals surface area contributed by atoms with Gasteiger partial charge < -0.3 is 0 Å². The van der Waals surface area contributed by atoms with Crippen molar-refractivity contribution in [3.05, 3.63) is 95.6 Å². The van der Waals surface area contributed by atoms with Gasteiger partial charge in [-0.25, -0.2) is 18.7 Å². The van der Waals surface area contributed by atoms with Crippen molar-refractivity contribution in [1.82, 2.24) is 0 Å². The molecule has 0 bridgehead atoms. The maximum Gasteiger partial charge on any atom is 0.266 e. The lowest BCUT2D eigenvalue weighted by atomic mass is 9.90. The molecule has 2 saturated heterocycles. The van der Waals surface area contributed by atoms with E-state index in [2.05, 4.69) is 0 Å². The number of halogens is 2. The van der Waals surface area contributed by atoms with Crippen molar-refractivity contribution in [3.63, 3.8) is 0 Å². The van der Waals surface area contributed by atoms with Crippen LogP contribution in [0.4, 0.5) is 20.2 Å². The maximum atomic E-state index is 14.1. The Morgan fingerprint density at radius 3 is 2.19 bits per heavy atom. The number of fused-ring (bicyclic) bond motifs is 1. The van der Waals surface area contributed by atoms with Gasteiger partial charge >= 0.3 is 0 Å². The van der Waals surface area contributed by atoms with Crippen LogP contribution < -0.4 is 9.96 Å². The third-order valence-corrected chi connectivity index (χ3v) is 5.70. The van der Waals surface area contributed by atoms with Gasteiger partial charge in [-0.15, -0.1) is 0 Å². The van der Waals surface area contributed by atoms with E-state index in [0.29, 0.717) is 16.9 Å². The quantitative estimate of drug-likeness (QED) is 0.592. The van der Waals surface area contributed by atoms with E-state index in [0.717, 1.165) is 22.6 Å². The second kappa shape index (κ2) is 7.28. The van der Waals surface area contributed by atoms with Crippen LogP contribution in [-0.4, -0.2) is 17.9 Å². The van der Waals surface area contributed by atoms with Gasteiger partial charge in [-0.3, -0.25) is 14.4 Å². The third kappa shape index (κ3) is 3.09. The minimum absolute atomic E-state index is 0.349. The van der Waals surface area contributed by atoms with Crippen molar-refractivity contribution >= 4 is 23.2 Å². The summed E-state index contributed by atoms with van der Waals surface area (Å²) >= 11 is 0. The first-order chi connectivity index (χ1) is 15.0. The van der Waals surface area contributed by atoms with Crippen LogP contribution >= 0.6 is 0 Å². The lowest BCUT2D eigenvalue weighted by molar-refractivity contribution is -0.126. The monoisotopic (exact) mass is 420 g/mol. The number of imide groups is 1. The molecule has 0 N–H and O–H groups in total. The summed E-state index contributed by atoms with van der Waals surface area (Å²) in [5.74, 6) is -3.84. The van der Waals surface area contributed by atoms with E-state index in [-0.39, 0.29) is 0 Å². The molecule has 2 aliphatic rings. The summed E-state index contributed by atoms with van der Waals surface area (Å²) < 4.78 is 27.6. The molecule has 3 unspecified atom stereocenters. The van der Waals surface area contributed by atoms with E-state index in [9.17, 15) is 18.4 Å². The molecule has 2 fully saturated rings. The second-order valence-corrected chi connectivity index (χ2v) is 7.68. The van der Waals surface area contributed by atoms with Gasteiger partial charge in [-0.05, 0) is 48.9 Å². The number of anilines is 2. The molecule has 0 spiro atoms. The highest BCUT2D eigenvalue weighted by Gasteiger charge is 2.60. The lowest BCUT2D eigenvalue weighted by Gasteiger charge is -2.28. The molecule has 3 aromatic carbocycles. The Bertz CT molecular complexity index is 1170. The molecule has 156 valence electrons. The van der Waals surface area contributed by atoms with E-state index >= 15 is 0 Å². The van der Waals surface area contributed by atoms with E-state index in [1.165, 1.54) is 11.1 Å². The number of carbonyl (C=O) groups excluding carboxylic acids is 2. The fourth-order valence-corrected chi connectivity index (χ4v) is 4.20. The van der Waals surface area contributed by atoms with Gasteiger partial charge in [0.25, 0.3) is 5.91 Å². The Morgan fingerprint density at radius 2 is 1.52 bits per heavy atom. The van der Waals surface area contributed by atoms with E-state index in [4.69, 9.17) is 4.84 Å². The number of rotatable bonds is 3. The number of hydrogen-bond acceptors (Lipinski definition) is 4. The highest BCUT2D eigenvalue weighted by Crippen LogP contribution is 2.47. The van der Waals surface area contributed by atoms with Crippen LogP contribution in [-0.2, 0) is 14.4 Å². The first kappa shape index (κ1) is 19.4. The summed E-state index contributed by atoms with van der Waals surface area (Å²) in [5.41, 5.74) is 2.40. The molecule has 5 rings (SSSR count). The summed E-state index contributed by atoms with van der Waals surface area (Å²) in [6, 6.07) is 18.6. The number of hydrogen-bond donors (Lipinski definition) is 0. The molecular formula is C24H18F2N2O3. The first-order valence-corrected chi connectivity index (χ1v) is 9.86. The smallest absolute Gasteiger partial charge is 0.266 e. The largest absolute Gasteiger partial charge is 0.273 e. The van der Waals surface area contributed by atoms with Gasteiger partial charge in [0.15, 0.2) is 17.7 Å². The average Bonchev–Trinajstić information content (AvgIpc) is 3.28. The van der Waals surface area contributed by atoms with Crippen molar-refractivity contribution in [2.45, 2.75) is 19.1 Å². The van der Waals surface area contributed by atoms with Gasteiger partial charge in [-0.2, -0.15) is 0 Å². The minimum atomic E-state index is -1.06. The summed E-state index contributed by atoms with van der Waals surface area (Å²) in [7, 11) is 0. The van der Waals surface area contributed by atoms with E-state index in [1.807, 2.05) is 25.1 Å². The highest BCUT2D eigenvalue weighted by molar-refractivity contribution is 6.23. The van der Waals surface area contributed by atoms with Crippen molar-refractivity contribution in [1.29, 1.82) is 0 Å². The number of amides is 2. The van der Waals surface area contributed by atoms with Crippen molar-refractivity contribution in [2.75, 3.05) is 9.96 Å². The van der Waals surface area contributed by atoms with Crippen molar-refractivity contribution < 1.29 is 23.2 Å². The zero-order chi connectivity index (χ0) is 21.7. The molecule has 0 radical (unpaired) electrons. The Hall–Kier alpha value is -3.58. The zero-order valence-electron chi connectivity index (χ0n) is 16.5. The Labute approximate surface area is 177 Å². The van der Waals surface area contributed by atoms with Crippen LogP contribution in [0.1, 0.15) is 17.2 Å². The van der Waals surface area contributed by atoms with Gasteiger partial charge in [0.1, 0.15) is 5.92 Å². The molecule has 3 aromatic rings. The van der Waals surface area contributed by atoms with Gasteiger partial charge in [-0.1, -0.05) is 42.0 Å². The van der Waals surface area contributed by atoms with Crippen LogP contribution in [0.25, 0.3) is 0 Å². The number of aryl methyl sites for hydroxylation is 1. The molecular weight excluding hydrogens is 402 g/mol. The number of benzene rings is 3. The van der Waals surface area contributed by atoms with Crippen LogP contribution in [0.5, 0.6) is 0 Å². The Balaban J connectivity index is 1.60. The number of hydroxylamine groups is 1. The minimum Gasteiger partial charge on any atom is -0.273 e. The fourth-order valence-electron chi connectivity index (χ4n) is 4.20. The molecule has 0 aliphatic carbocycles. The van der Waals surface area contributed by atoms with Crippen LogP contribution in [0.15, 0.2) is 72.8 Å². The maximum absolute atomic E-state index is 14.1. The van der Waals surface area contributed by atoms with Gasteiger partial charge in [0, 0.05) is 0 Å². The van der Waals surface area contributed by atoms with Crippen LogP contribution in [0, 0.1) is 24.5 Å². The summed E-state index contributed by atoms with van der Waals surface area (Å²) in [6.07, 6.45) is -1.06. The first-order valence-electron chi connectivity index (χ1n) is 9.86. The van der Waals surface area contributed by atoms with E-state index < -0.39 is 41.5 Å². The van der Waals surface area contributed by atoms with Gasteiger partial charge in [0.05, 0.1) is 17.4 Å². The molecule has 3 atom stereocenters. The number of carbonyl (C=O) groups is 2. The predicted molar refractivity (Wildman–Crippen MR) is 110 cm³/mol. The SMILES string of the molecule is Cc1ccc(N2C(=O)C3ON(c4ccccc4)C(c4ccc(F)c(F)c4)C3C2=O)cc1. The highest BCUT2D eigenvalue weighted by atomic mass is 19.2. The van der Waals surface area contributed by atoms with E-state index in [1.54, 1.807) is 36.4 Å². The standard InChI is InChI=1S/C24H18F2N2O3/c1-14-7-10-16(11-8-14)27-23(29)20-21(15-9-12-18(25)19(26)13-15)28(31-22(20)24(27)30)17-5-3-2-4-6-17/h2-13,20-22H,1H3. The summed E-state index contributed by atoms with van der Waals surface area (Å²) in [6.45, 7) is 1.91. The molecule has 7 heteroatoms. The third-order valence-electron chi connectivity index (χ3n) is 5.70. The summed E-state index contributed by atoms with van der Waals surface area (Å²) in [5, 5.41) is 1.45. The fraction of sp³-hybridized carbons (Fsp3) is 0.167. The molecule has 0 saturated carbocycles. The topological polar surface area (TPSA) is 49.9 Å². The lowest BCUT2D eigenvalue weighted by Crippen LogP contribution is -2.37. The summed E-state index contributed by atoms with van der Waals surface area (Å²) in [4.78, 5) is 33.7. The zero-order valence-corrected chi connectivity index (χ0v) is 16.5. The number of nitrogens with zero attached hydrogens (tertiary/aromatic N) is 2. The number of para-hydroxylation sites is 1. The molecule has 2 aliphatic heterocycles. The normalized spacial score (nSPS) is 22.9. The van der Waals surface area contributed by atoms with Gasteiger partial charge in [0.2, 0.25) is 5.91 Å². The Kier molecular flexibility index (Phi) is 4.55. The average molecular weight is 420 g/mol. The van der Waals surface area contributed by atoms with Crippen molar-refractivity contribution in [3.8, 4) is 0 Å². The molecule has 0 aromatic heterocycles. The molecule has 2 heterocycles. The predicted octanol–water partition coefficient (Wildman–Crippen LogP) is 4.32. The second-order valence-electron chi connectivity index (χ2n) is 7.68. The molecule has 5 nitrogen and oxygen atoms in total. The Morgan fingerprint density at radius 1 is 0.806 bits per heavy atom. The van der Waals surface area contributed by atoms with Crippen LogP contribution in [0.3, 0.4) is 0 Å². The molecule has 2 amide bonds.